The van der Waals surface area contributed by atoms with Crippen LogP contribution in [-0.4, -0.2) is 0 Å². The van der Waals surface area contributed by atoms with E-state index < -0.39 is 0 Å². The van der Waals surface area contributed by atoms with E-state index in [0.29, 0.717) is 5.70 Å². The molecule has 0 rings (SSSR count). The van der Waals surface area contributed by atoms with Gasteiger partial charge in [-0.15, -0.1) is 0 Å². The molecule has 0 saturated heterocycles. The Morgan fingerprint density at radius 2 is 1.88 bits per heavy atom. The lowest BCUT2D eigenvalue weighted by atomic mass is 10.4. The number of rotatable bonds is 1. The first-order valence-electron chi connectivity index (χ1n) is 2.39. The zero-order valence-corrected chi connectivity index (χ0v) is 5.11. The zero-order valence-electron chi connectivity index (χ0n) is 5.11. The molecule has 0 heterocycles. The zero-order chi connectivity index (χ0) is 6.57. The Bertz CT molecular complexity index is 100. The Balaban J connectivity index is 3.76. The summed E-state index contributed by atoms with van der Waals surface area (Å²) in [5, 5.41) is 0. The predicted molar refractivity (Wildman–Crippen MR) is 32.8 cm³/mol. The molecule has 2 heteroatoms. The van der Waals surface area contributed by atoms with Crippen LogP contribution in [0.25, 0.3) is 0 Å². The highest BCUT2D eigenvalue weighted by molar-refractivity contribution is 5.09. The molecule has 0 aromatic heterocycles. The third kappa shape index (κ3) is 5.21. The normalized spacial score (nSPS) is 14.4. The highest BCUT2D eigenvalue weighted by Gasteiger charge is 1.75. The van der Waals surface area contributed by atoms with Crippen molar-refractivity contribution in [2.24, 2.45) is 5.73 Å². The summed E-state index contributed by atoms with van der Waals surface area (Å²) in [7, 11) is 0. The summed E-state index contributed by atoms with van der Waals surface area (Å²) in [6.45, 7) is 3.08. The van der Waals surface area contributed by atoms with Gasteiger partial charge in [0.25, 0.3) is 0 Å². The second-order valence-electron chi connectivity index (χ2n) is 1.66. The van der Waals surface area contributed by atoms with E-state index in [2.05, 4.69) is 0 Å². The van der Waals surface area contributed by atoms with Gasteiger partial charge in [-0.25, -0.2) is 4.39 Å². The summed E-state index contributed by atoms with van der Waals surface area (Å²) < 4.78 is 11.8. The van der Waals surface area contributed by atoms with Gasteiger partial charge in [-0.3, -0.25) is 0 Å². The van der Waals surface area contributed by atoms with E-state index in [4.69, 9.17) is 5.73 Å². The molecule has 0 atom stereocenters. The monoisotopic (exact) mass is 115 g/mol. The number of hydrogen-bond donors (Lipinski definition) is 1. The standard InChI is InChI=1S/C6H10FN/c1-5(7)3-4-6(2)8/h3-4H,8H2,1-2H3/b5-3+,6-4-. The molecule has 0 aromatic carbocycles. The summed E-state index contributed by atoms with van der Waals surface area (Å²) >= 11 is 0. The molecule has 0 saturated carbocycles. The molecular formula is C6H10FN. The number of nitrogens with two attached hydrogens (primary N) is 1. The van der Waals surface area contributed by atoms with Crippen LogP contribution in [0.4, 0.5) is 4.39 Å². The fourth-order valence-electron chi connectivity index (χ4n) is 0.246. The third-order valence-electron chi connectivity index (χ3n) is 0.576. The summed E-state index contributed by atoms with van der Waals surface area (Å²) in [6.07, 6.45) is 2.85. The van der Waals surface area contributed by atoms with E-state index in [1.807, 2.05) is 0 Å². The Kier molecular flexibility index (Phi) is 2.92. The molecule has 8 heavy (non-hydrogen) atoms. The van der Waals surface area contributed by atoms with Gasteiger partial charge in [0, 0.05) is 5.70 Å². The molecule has 0 bridgehead atoms. The van der Waals surface area contributed by atoms with Gasteiger partial charge < -0.3 is 5.73 Å². The Hall–Kier alpha value is -0.790. The van der Waals surface area contributed by atoms with Crippen molar-refractivity contribution in [1.29, 1.82) is 0 Å². The number of allylic oxidation sites excluding steroid dienone is 4. The quantitative estimate of drug-likeness (QED) is 0.517. The molecule has 0 radical (unpaired) electrons. The fraction of sp³-hybridized carbons (Fsp3) is 0.333. The number of halogens is 1. The van der Waals surface area contributed by atoms with Crippen molar-refractivity contribution in [2.75, 3.05) is 0 Å². The van der Waals surface area contributed by atoms with Crippen LogP contribution in [0, 0.1) is 0 Å². The van der Waals surface area contributed by atoms with Gasteiger partial charge in [-0.1, -0.05) is 0 Å². The SMILES string of the molecule is C/C(N)=C/C=C(\C)F. The molecule has 46 valence electrons. The molecule has 0 spiro atoms. The fourth-order valence-corrected chi connectivity index (χ4v) is 0.246. The van der Waals surface area contributed by atoms with Crippen LogP contribution >= 0.6 is 0 Å². The smallest absolute Gasteiger partial charge is 0.0969 e. The maximum Gasteiger partial charge on any atom is 0.0969 e. The average molecular weight is 115 g/mol. The molecule has 1 nitrogen and oxygen atoms in total. The molecule has 0 aliphatic heterocycles. The van der Waals surface area contributed by atoms with Crippen molar-refractivity contribution in [2.45, 2.75) is 13.8 Å². The van der Waals surface area contributed by atoms with E-state index in [9.17, 15) is 4.39 Å². The summed E-state index contributed by atoms with van der Waals surface area (Å²) in [6, 6.07) is 0. The minimum Gasteiger partial charge on any atom is -0.402 e. The summed E-state index contributed by atoms with van der Waals surface area (Å²) in [4.78, 5) is 0. The minimum atomic E-state index is -0.227. The third-order valence-corrected chi connectivity index (χ3v) is 0.576. The molecule has 0 aromatic rings. The van der Waals surface area contributed by atoms with E-state index in [0.717, 1.165) is 0 Å². The lowest BCUT2D eigenvalue weighted by Crippen LogP contribution is -1.87. The first-order chi connectivity index (χ1) is 3.63. The van der Waals surface area contributed by atoms with Gasteiger partial charge in [-0.05, 0) is 26.0 Å². The lowest BCUT2D eigenvalue weighted by molar-refractivity contribution is 0.640. The topological polar surface area (TPSA) is 26.0 Å². The maximum atomic E-state index is 11.8. The summed E-state index contributed by atoms with van der Waals surface area (Å²) in [5.74, 6) is -0.227. The van der Waals surface area contributed by atoms with E-state index in [1.54, 1.807) is 6.92 Å². The molecule has 0 amide bonds. The van der Waals surface area contributed by atoms with Crippen molar-refractivity contribution in [3.05, 3.63) is 23.7 Å². The largest absolute Gasteiger partial charge is 0.402 e. The first kappa shape index (κ1) is 7.21. The molecule has 0 fully saturated rings. The van der Waals surface area contributed by atoms with Gasteiger partial charge in [0.05, 0.1) is 5.83 Å². The van der Waals surface area contributed by atoms with Crippen LogP contribution < -0.4 is 5.73 Å². The van der Waals surface area contributed by atoms with Crippen LogP contribution in [0.2, 0.25) is 0 Å². The van der Waals surface area contributed by atoms with Crippen molar-refractivity contribution < 1.29 is 4.39 Å². The summed E-state index contributed by atoms with van der Waals surface area (Å²) in [5.41, 5.74) is 5.80. The van der Waals surface area contributed by atoms with Crippen molar-refractivity contribution in [3.8, 4) is 0 Å². The molecule has 0 aliphatic carbocycles. The Morgan fingerprint density at radius 1 is 1.38 bits per heavy atom. The van der Waals surface area contributed by atoms with Gasteiger partial charge in [0.1, 0.15) is 0 Å². The predicted octanol–water partition coefficient (Wildman–Crippen LogP) is 1.72. The molecule has 0 aliphatic rings. The van der Waals surface area contributed by atoms with Crippen LogP contribution in [-0.2, 0) is 0 Å². The van der Waals surface area contributed by atoms with Gasteiger partial charge in [0.2, 0.25) is 0 Å². The average Bonchev–Trinajstić information content (AvgIpc) is 1.61. The van der Waals surface area contributed by atoms with E-state index in [1.165, 1.54) is 19.1 Å². The Labute approximate surface area is 48.7 Å². The van der Waals surface area contributed by atoms with E-state index in [-0.39, 0.29) is 5.83 Å². The number of hydrogen-bond acceptors (Lipinski definition) is 1. The van der Waals surface area contributed by atoms with Gasteiger partial charge in [-0.2, -0.15) is 0 Å². The maximum absolute atomic E-state index is 11.8. The second-order valence-corrected chi connectivity index (χ2v) is 1.66. The molecular weight excluding hydrogens is 105 g/mol. The highest BCUT2D eigenvalue weighted by atomic mass is 19.1. The Morgan fingerprint density at radius 3 is 2.00 bits per heavy atom. The minimum absolute atomic E-state index is 0.227. The molecule has 2 N–H and O–H groups in total. The van der Waals surface area contributed by atoms with Crippen LogP contribution in [0.5, 0.6) is 0 Å². The van der Waals surface area contributed by atoms with Crippen LogP contribution in [0.1, 0.15) is 13.8 Å². The van der Waals surface area contributed by atoms with Gasteiger partial charge in [0.15, 0.2) is 0 Å². The van der Waals surface area contributed by atoms with Crippen molar-refractivity contribution in [1.82, 2.24) is 0 Å². The van der Waals surface area contributed by atoms with Crippen molar-refractivity contribution in [3.63, 3.8) is 0 Å². The van der Waals surface area contributed by atoms with Crippen LogP contribution in [0.15, 0.2) is 23.7 Å². The second kappa shape index (κ2) is 3.24. The highest BCUT2D eigenvalue weighted by Crippen LogP contribution is 1.93. The van der Waals surface area contributed by atoms with Gasteiger partial charge >= 0.3 is 0 Å². The van der Waals surface area contributed by atoms with Crippen LogP contribution in [0.3, 0.4) is 0 Å². The molecule has 0 unspecified atom stereocenters. The lowest BCUT2D eigenvalue weighted by Gasteiger charge is -1.82. The van der Waals surface area contributed by atoms with E-state index >= 15 is 0 Å². The first-order valence-corrected chi connectivity index (χ1v) is 2.39. The van der Waals surface area contributed by atoms with Crippen molar-refractivity contribution >= 4 is 0 Å².